The lowest BCUT2D eigenvalue weighted by atomic mass is 10.00. The van der Waals surface area contributed by atoms with E-state index in [1.54, 1.807) is 0 Å². The summed E-state index contributed by atoms with van der Waals surface area (Å²) < 4.78 is 10.9. The first-order valence-electron chi connectivity index (χ1n) is 5.71. The predicted octanol–water partition coefficient (Wildman–Crippen LogP) is 2.48. The molecular formula is C14H16O4. The van der Waals surface area contributed by atoms with E-state index < -0.39 is 0 Å². The molecule has 0 radical (unpaired) electrons. The van der Waals surface area contributed by atoms with Gasteiger partial charge in [-0.3, -0.25) is 4.79 Å². The highest BCUT2D eigenvalue weighted by Crippen LogP contribution is 2.44. The van der Waals surface area contributed by atoms with E-state index in [0.29, 0.717) is 17.9 Å². The zero-order valence-corrected chi connectivity index (χ0v) is 10.7. The third kappa shape index (κ3) is 1.83. The largest absolute Gasteiger partial charge is 0.507 e. The van der Waals surface area contributed by atoms with Crippen LogP contribution < -0.4 is 9.47 Å². The average molecular weight is 248 g/mol. The average Bonchev–Trinajstić information content (AvgIpc) is 2.69. The predicted molar refractivity (Wildman–Crippen MR) is 67.6 cm³/mol. The molecule has 1 N–H and O–H groups in total. The normalized spacial score (nSPS) is 16.9. The first kappa shape index (κ1) is 12.5. The second-order valence-corrected chi connectivity index (χ2v) is 4.49. The molecule has 0 amide bonds. The molecule has 1 aromatic carbocycles. The van der Waals surface area contributed by atoms with E-state index in [9.17, 15) is 9.90 Å². The highest BCUT2D eigenvalue weighted by molar-refractivity contribution is 6.00. The van der Waals surface area contributed by atoms with Gasteiger partial charge in [0.15, 0.2) is 5.78 Å². The van der Waals surface area contributed by atoms with Gasteiger partial charge in [0, 0.05) is 18.1 Å². The summed E-state index contributed by atoms with van der Waals surface area (Å²) >= 11 is 0. The molecule has 1 aromatic rings. The molecule has 18 heavy (non-hydrogen) atoms. The number of hydrogen-bond donors (Lipinski definition) is 1. The van der Waals surface area contributed by atoms with Gasteiger partial charge in [0.1, 0.15) is 28.9 Å². The monoisotopic (exact) mass is 248 g/mol. The molecular weight excluding hydrogens is 232 g/mol. The van der Waals surface area contributed by atoms with Crippen LogP contribution in [0.4, 0.5) is 0 Å². The number of aromatic hydroxyl groups is 1. The second-order valence-electron chi connectivity index (χ2n) is 4.49. The molecule has 96 valence electrons. The van der Waals surface area contributed by atoms with Crippen molar-refractivity contribution in [2.75, 3.05) is 7.11 Å². The van der Waals surface area contributed by atoms with Crippen LogP contribution in [0.3, 0.4) is 0 Å². The molecule has 1 unspecified atom stereocenters. The number of rotatable bonds is 3. The fraction of sp³-hybridized carbons (Fsp3) is 0.357. The number of carbonyl (C=O) groups excluding carboxylic acids is 1. The number of benzene rings is 1. The number of phenols is 1. The Labute approximate surface area is 106 Å². The summed E-state index contributed by atoms with van der Waals surface area (Å²) in [6.45, 7) is 7.14. The van der Waals surface area contributed by atoms with Gasteiger partial charge in [0.05, 0.1) is 7.11 Å². The third-order valence-corrected chi connectivity index (χ3v) is 3.09. The van der Waals surface area contributed by atoms with Crippen molar-refractivity contribution in [2.45, 2.75) is 26.4 Å². The van der Waals surface area contributed by atoms with Crippen LogP contribution in [-0.2, 0) is 6.42 Å². The third-order valence-electron chi connectivity index (χ3n) is 3.09. The summed E-state index contributed by atoms with van der Waals surface area (Å²) in [4.78, 5) is 11.6. The van der Waals surface area contributed by atoms with Crippen molar-refractivity contribution >= 4 is 5.78 Å². The maximum Gasteiger partial charge on any atom is 0.167 e. The summed E-state index contributed by atoms with van der Waals surface area (Å²) in [6, 6.07) is 1.47. The molecule has 1 heterocycles. The second kappa shape index (κ2) is 4.37. The molecule has 4 heteroatoms. The molecule has 0 aromatic heterocycles. The number of ketones is 1. The van der Waals surface area contributed by atoms with Gasteiger partial charge >= 0.3 is 0 Å². The first-order valence-corrected chi connectivity index (χ1v) is 5.71. The first-order chi connectivity index (χ1) is 8.45. The Kier molecular flexibility index (Phi) is 3.03. The Balaban J connectivity index is 2.57. The van der Waals surface area contributed by atoms with E-state index in [4.69, 9.17) is 9.47 Å². The van der Waals surface area contributed by atoms with Crippen molar-refractivity contribution in [3.8, 4) is 17.2 Å². The fourth-order valence-electron chi connectivity index (χ4n) is 2.18. The summed E-state index contributed by atoms with van der Waals surface area (Å²) in [6.07, 6.45) is 0.476. The topological polar surface area (TPSA) is 55.8 Å². The lowest BCUT2D eigenvalue weighted by Crippen LogP contribution is -2.13. The zero-order valence-electron chi connectivity index (χ0n) is 10.7. The van der Waals surface area contributed by atoms with Crippen LogP contribution in [0, 0.1) is 0 Å². The van der Waals surface area contributed by atoms with E-state index in [2.05, 4.69) is 6.58 Å². The molecule has 0 aliphatic carbocycles. The van der Waals surface area contributed by atoms with Crippen molar-refractivity contribution in [3.63, 3.8) is 0 Å². The van der Waals surface area contributed by atoms with Crippen molar-refractivity contribution in [1.82, 2.24) is 0 Å². The van der Waals surface area contributed by atoms with Crippen molar-refractivity contribution in [2.24, 2.45) is 0 Å². The van der Waals surface area contributed by atoms with Crippen LogP contribution in [0.15, 0.2) is 18.2 Å². The quantitative estimate of drug-likeness (QED) is 0.659. The number of Topliss-reactive ketones (excluding diaryl/α,β-unsaturated/α-hetero) is 1. The van der Waals surface area contributed by atoms with Gasteiger partial charge in [-0.25, -0.2) is 0 Å². The van der Waals surface area contributed by atoms with Gasteiger partial charge < -0.3 is 14.6 Å². The number of ether oxygens (including phenoxy) is 2. The van der Waals surface area contributed by atoms with Gasteiger partial charge in [-0.05, 0) is 19.4 Å². The molecule has 0 saturated heterocycles. The van der Waals surface area contributed by atoms with E-state index in [1.807, 2.05) is 6.92 Å². The summed E-state index contributed by atoms with van der Waals surface area (Å²) in [7, 11) is 1.48. The van der Waals surface area contributed by atoms with Gasteiger partial charge in [-0.2, -0.15) is 0 Å². The number of carbonyl (C=O) groups is 1. The molecule has 0 saturated carbocycles. The molecule has 2 rings (SSSR count). The molecule has 1 aliphatic rings. The highest BCUT2D eigenvalue weighted by Gasteiger charge is 2.31. The Morgan fingerprint density at radius 2 is 2.22 bits per heavy atom. The summed E-state index contributed by atoms with van der Waals surface area (Å²) in [5.41, 5.74) is 1.92. The summed E-state index contributed by atoms with van der Waals surface area (Å²) in [5.74, 6) is 0.620. The highest BCUT2D eigenvalue weighted by atomic mass is 16.5. The Bertz CT molecular complexity index is 531. The SMILES string of the molecule is C=C(C)C1Cc2c(cc(O)c(C(C)=O)c2OC)O1. The smallest absolute Gasteiger partial charge is 0.167 e. The van der Waals surface area contributed by atoms with Gasteiger partial charge in [-0.1, -0.05) is 6.58 Å². The number of methoxy groups -OCH3 is 1. The van der Waals surface area contributed by atoms with Gasteiger partial charge in [0.2, 0.25) is 0 Å². The van der Waals surface area contributed by atoms with Gasteiger partial charge in [0.25, 0.3) is 0 Å². The van der Waals surface area contributed by atoms with E-state index in [0.717, 1.165) is 11.1 Å². The van der Waals surface area contributed by atoms with E-state index in [1.165, 1.54) is 20.1 Å². The van der Waals surface area contributed by atoms with Crippen molar-refractivity contribution < 1.29 is 19.4 Å². The van der Waals surface area contributed by atoms with Gasteiger partial charge in [-0.15, -0.1) is 0 Å². The Morgan fingerprint density at radius 1 is 1.56 bits per heavy atom. The van der Waals surface area contributed by atoms with E-state index >= 15 is 0 Å². The minimum Gasteiger partial charge on any atom is -0.507 e. The molecule has 0 fully saturated rings. The van der Waals surface area contributed by atoms with Crippen LogP contribution in [0.25, 0.3) is 0 Å². The van der Waals surface area contributed by atoms with Crippen molar-refractivity contribution in [1.29, 1.82) is 0 Å². The molecule has 1 atom stereocenters. The number of fused-ring (bicyclic) bond motifs is 1. The number of phenolic OH excluding ortho intramolecular Hbond substituents is 1. The maximum absolute atomic E-state index is 11.6. The maximum atomic E-state index is 11.6. The minimum absolute atomic E-state index is 0.111. The zero-order chi connectivity index (χ0) is 13.4. The summed E-state index contributed by atoms with van der Waals surface area (Å²) in [5, 5.41) is 9.88. The standard InChI is InChI=1S/C14H16O4/c1-7(2)11-5-9-12(18-11)6-10(16)13(8(3)15)14(9)17-4/h6,11,16H,1,5H2,2-4H3. The lowest BCUT2D eigenvalue weighted by molar-refractivity contribution is 0.101. The number of hydrogen-bond acceptors (Lipinski definition) is 4. The van der Waals surface area contributed by atoms with Crippen molar-refractivity contribution in [3.05, 3.63) is 29.3 Å². The molecule has 0 bridgehead atoms. The van der Waals surface area contributed by atoms with Crippen LogP contribution in [0.1, 0.15) is 29.8 Å². The Hall–Kier alpha value is -1.97. The molecule has 1 aliphatic heterocycles. The Morgan fingerprint density at radius 3 is 2.72 bits per heavy atom. The van der Waals surface area contributed by atoms with Crippen LogP contribution in [0.5, 0.6) is 17.2 Å². The minimum atomic E-state index is -0.231. The van der Waals surface area contributed by atoms with Crippen LogP contribution in [-0.4, -0.2) is 24.1 Å². The van der Waals surface area contributed by atoms with Crippen LogP contribution in [0.2, 0.25) is 0 Å². The van der Waals surface area contributed by atoms with E-state index in [-0.39, 0.29) is 23.2 Å². The molecule has 0 spiro atoms. The molecule has 4 nitrogen and oxygen atoms in total. The fourth-order valence-corrected chi connectivity index (χ4v) is 2.18. The van der Waals surface area contributed by atoms with Crippen LogP contribution >= 0.6 is 0 Å². The lowest BCUT2D eigenvalue weighted by Gasteiger charge is -2.11.